The second kappa shape index (κ2) is 10.3. The fraction of sp³-hybridized carbons (Fsp3) is 1.00. The molecule has 2 atom stereocenters. The summed E-state index contributed by atoms with van der Waals surface area (Å²) in [5, 5.41) is 17.7. The van der Waals surface area contributed by atoms with Gasteiger partial charge in [0, 0.05) is 0 Å². The third-order valence-electron chi connectivity index (χ3n) is 1.46. The first kappa shape index (κ1) is 14.8. The molecule has 15 heavy (non-hydrogen) atoms. The molecule has 0 saturated carbocycles. The zero-order valence-corrected chi connectivity index (χ0v) is 9.52. The molecule has 0 aliphatic carbocycles. The van der Waals surface area contributed by atoms with Gasteiger partial charge in [-0.3, -0.25) is 0 Å². The van der Waals surface area contributed by atoms with Gasteiger partial charge in [-0.15, -0.1) is 0 Å². The summed E-state index contributed by atoms with van der Waals surface area (Å²) in [7, 11) is 0. The van der Waals surface area contributed by atoms with Crippen LogP contribution in [0, 0.1) is 0 Å². The third-order valence-corrected chi connectivity index (χ3v) is 1.46. The lowest BCUT2D eigenvalue weighted by atomic mass is 10.4. The van der Waals surface area contributed by atoms with E-state index in [0.29, 0.717) is 39.6 Å². The summed E-state index contributed by atoms with van der Waals surface area (Å²) in [4.78, 5) is 0. The van der Waals surface area contributed by atoms with Gasteiger partial charge in [0.2, 0.25) is 0 Å². The second-order valence-electron chi connectivity index (χ2n) is 3.46. The topological polar surface area (TPSA) is 68.2 Å². The van der Waals surface area contributed by atoms with Gasteiger partial charge in [-0.1, -0.05) is 0 Å². The summed E-state index contributed by atoms with van der Waals surface area (Å²) >= 11 is 0. The number of hydrogen-bond donors (Lipinski definition) is 2. The first-order chi connectivity index (χ1) is 7.13. The highest BCUT2D eigenvalue weighted by Crippen LogP contribution is 1.86. The van der Waals surface area contributed by atoms with Crippen molar-refractivity contribution in [3.63, 3.8) is 0 Å². The molecule has 0 heterocycles. The molecular weight excluding hydrogens is 200 g/mol. The van der Waals surface area contributed by atoms with E-state index < -0.39 is 12.2 Å². The Morgan fingerprint density at radius 3 is 1.40 bits per heavy atom. The number of aliphatic hydroxyl groups excluding tert-OH is 2. The Labute approximate surface area is 91.0 Å². The van der Waals surface area contributed by atoms with Crippen molar-refractivity contribution in [2.75, 3.05) is 39.6 Å². The first-order valence-electron chi connectivity index (χ1n) is 5.22. The molecule has 0 unspecified atom stereocenters. The molecular formula is C10H22O5. The smallest absolute Gasteiger partial charge is 0.0745 e. The Bertz CT molecular complexity index is 113. The van der Waals surface area contributed by atoms with Crippen LogP contribution in [0.4, 0.5) is 0 Å². The van der Waals surface area contributed by atoms with E-state index >= 15 is 0 Å². The van der Waals surface area contributed by atoms with Crippen molar-refractivity contribution in [2.24, 2.45) is 0 Å². The Balaban J connectivity index is 2.93. The van der Waals surface area contributed by atoms with E-state index in [9.17, 15) is 0 Å². The maximum atomic E-state index is 8.87. The monoisotopic (exact) mass is 222 g/mol. The molecule has 5 heteroatoms. The molecule has 0 rings (SSSR count). The Kier molecular flexibility index (Phi) is 10.2. The summed E-state index contributed by atoms with van der Waals surface area (Å²) in [6.07, 6.45) is -0.862. The minimum Gasteiger partial charge on any atom is -0.391 e. The van der Waals surface area contributed by atoms with Gasteiger partial charge in [0.25, 0.3) is 0 Å². The molecule has 0 aromatic carbocycles. The van der Waals surface area contributed by atoms with Gasteiger partial charge >= 0.3 is 0 Å². The van der Waals surface area contributed by atoms with Crippen molar-refractivity contribution in [3.05, 3.63) is 0 Å². The van der Waals surface area contributed by atoms with Crippen LogP contribution in [0.1, 0.15) is 13.8 Å². The zero-order chi connectivity index (χ0) is 11.5. The maximum absolute atomic E-state index is 8.87. The zero-order valence-electron chi connectivity index (χ0n) is 9.52. The maximum Gasteiger partial charge on any atom is 0.0745 e. The molecule has 5 nitrogen and oxygen atoms in total. The molecule has 0 radical (unpaired) electrons. The lowest BCUT2D eigenvalue weighted by Crippen LogP contribution is -2.16. The van der Waals surface area contributed by atoms with Gasteiger partial charge in [-0.2, -0.15) is 0 Å². The van der Waals surface area contributed by atoms with Gasteiger partial charge in [-0.25, -0.2) is 0 Å². The van der Waals surface area contributed by atoms with Gasteiger partial charge < -0.3 is 24.4 Å². The molecule has 0 aromatic heterocycles. The quantitative estimate of drug-likeness (QED) is 0.501. The van der Waals surface area contributed by atoms with Gasteiger partial charge in [0.15, 0.2) is 0 Å². The molecule has 0 bridgehead atoms. The lowest BCUT2D eigenvalue weighted by molar-refractivity contribution is -0.0169. The highest BCUT2D eigenvalue weighted by atomic mass is 16.5. The fourth-order valence-electron chi connectivity index (χ4n) is 0.846. The van der Waals surface area contributed by atoms with Crippen LogP contribution in [0.5, 0.6) is 0 Å². The van der Waals surface area contributed by atoms with Crippen molar-refractivity contribution >= 4 is 0 Å². The van der Waals surface area contributed by atoms with Crippen LogP contribution in [-0.2, 0) is 14.2 Å². The van der Waals surface area contributed by atoms with E-state index in [1.54, 1.807) is 13.8 Å². The highest BCUT2D eigenvalue weighted by molar-refractivity contribution is 4.42. The fourth-order valence-corrected chi connectivity index (χ4v) is 0.846. The first-order valence-corrected chi connectivity index (χ1v) is 5.22. The van der Waals surface area contributed by atoms with Gasteiger partial charge in [-0.05, 0) is 13.8 Å². The van der Waals surface area contributed by atoms with Crippen molar-refractivity contribution in [3.8, 4) is 0 Å². The SMILES string of the molecule is C[C@H](O)COCCOCCOC[C@@H](C)O. The third kappa shape index (κ3) is 13.8. The Morgan fingerprint density at radius 2 is 1.07 bits per heavy atom. The summed E-state index contributed by atoms with van der Waals surface area (Å²) in [6.45, 7) is 5.94. The molecule has 0 saturated heterocycles. The standard InChI is InChI=1S/C10H22O5/c1-9(11)7-14-5-3-13-4-6-15-8-10(2)12/h9-12H,3-8H2,1-2H3/t9-,10+. The summed E-state index contributed by atoms with van der Waals surface area (Å²) < 4.78 is 15.4. The number of aliphatic hydroxyl groups is 2. The van der Waals surface area contributed by atoms with E-state index in [1.165, 1.54) is 0 Å². The Morgan fingerprint density at radius 1 is 0.733 bits per heavy atom. The normalized spacial score (nSPS) is 15.2. The van der Waals surface area contributed by atoms with Gasteiger partial charge in [0.1, 0.15) is 0 Å². The van der Waals surface area contributed by atoms with Crippen LogP contribution in [0.2, 0.25) is 0 Å². The molecule has 0 aliphatic rings. The Hall–Kier alpha value is -0.200. The van der Waals surface area contributed by atoms with E-state index in [2.05, 4.69) is 0 Å². The molecule has 92 valence electrons. The average Bonchev–Trinajstić information content (AvgIpc) is 2.14. The van der Waals surface area contributed by atoms with Crippen LogP contribution in [0.15, 0.2) is 0 Å². The van der Waals surface area contributed by atoms with Crippen LogP contribution in [0.25, 0.3) is 0 Å². The highest BCUT2D eigenvalue weighted by Gasteiger charge is 1.96. The van der Waals surface area contributed by atoms with E-state index in [4.69, 9.17) is 24.4 Å². The van der Waals surface area contributed by atoms with E-state index in [-0.39, 0.29) is 0 Å². The number of hydrogen-bond acceptors (Lipinski definition) is 5. The largest absolute Gasteiger partial charge is 0.391 e. The predicted octanol–water partition coefficient (Wildman–Crippen LogP) is -0.202. The van der Waals surface area contributed by atoms with Crippen LogP contribution in [-0.4, -0.2) is 62.1 Å². The predicted molar refractivity (Wildman–Crippen MR) is 55.8 cm³/mol. The molecule has 2 N–H and O–H groups in total. The van der Waals surface area contributed by atoms with Crippen molar-refractivity contribution in [1.29, 1.82) is 0 Å². The van der Waals surface area contributed by atoms with Crippen molar-refractivity contribution < 1.29 is 24.4 Å². The number of ether oxygens (including phenoxy) is 3. The average molecular weight is 222 g/mol. The van der Waals surface area contributed by atoms with Crippen molar-refractivity contribution in [1.82, 2.24) is 0 Å². The molecule has 0 fully saturated rings. The molecule has 0 aliphatic heterocycles. The minimum absolute atomic E-state index is 0.335. The molecule has 0 amide bonds. The van der Waals surface area contributed by atoms with Crippen molar-refractivity contribution in [2.45, 2.75) is 26.1 Å². The minimum atomic E-state index is -0.431. The van der Waals surface area contributed by atoms with E-state index in [1.807, 2.05) is 0 Å². The summed E-state index contributed by atoms with van der Waals surface area (Å²) in [5.74, 6) is 0. The lowest BCUT2D eigenvalue weighted by Gasteiger charge is -2.08. The summed E-state index contributed by atoms with van der Waals surface area (Å²) in [6, 6.07) is 0. The number of rotatable bonds is 10. The molecule has 0 aromatic rings. The summed E-state index contributed by atoms with van der Waals surface area (Å²) in [5.41, 5.74) is 0. The van der Waals surface area contributed by atoms with Crippen LogP contribution < -0.4 is 0 Å². The van der Waals surface area contributed by atoms with Crippen LogP contribution in [0.3, 0.4) is 0 Å². The van der Waals surface area contributed by atoms with Crippen LogP contribution >= 0.6 is 0 Å². The second-order valence-corrected chi connectivity index (χ2v) is 3.46. The van der Waals surface area contributed by atoms with Gasteiger partial charge in [0.05, 0.1) is 51.8 Å². The molecule has 0 spiro atoms. The van der Waals surface area contributed by atoms with E-state index in [0.717, 1.165) is 0 Å².